The van der Waals surface area contributed by atoms with Crippen LogP contribution in [0.5, 0.6) is 11.5 Å². The molecule has 1 aliphatic heterocycles. The van der Waals surface area contributed by atoms with Gasteiger partial charge in [0.05, 0.1) is 17.0 Å². The summed E-state index contributed by atoms with van der Waals surface area (Å²) in [5.74, 6) is 3.45. The van der Waals surface area contributed by atoms with E-state index in [-0.39, 0.29) is 0 Å². The van der Waals surface area contributed by atoms with Gasteiger partial charge in [0.25, 0.3) is 0 Å². The van der Waals surface area contributed by atoms with Crippen molar-refractivity contribution in [1.82, 2.24) is 15.0 Å². The SMILES string of the molecule is N#Cc1ccc(-c2ccc3c(c2)C2(c4ccccc4Oc4ccccc42)c2cc(-c4nc(-c5ccccc5)nc(-c5cccc(-c6ccccc6)c5)n4)ccc2-3)cc1. The highest BCUT2D eigenvalue weighted by molar-refractivity contribution is 5.91. The standard InChI is InChI=1S/C53H32N4O/c54-33-34-22-24-36(25-23-34)39-26-28-42-43-29-27-41(32-47(43)53(46(42)31-39)44-18-7-9-20-48(44)58-49-21-10-8-19-45(49)53)52-56-50(37-14-5-2-6-15-37)55-51(57-52)40-17-11-16-38(30-40)35-12-3-1-4-13-35/h1-32H. The predicted octanol–water partition coefficient (Wildman–Crippen LogP) is 12.5. The predicted molar refractivity (Wildman–Crippen MR) is 229 cm³/mol. The van der Waals surface area contributed by atoms with Crippen molar-refractivity contribution in [3.63, 3.8) is 0 Å². The zero-order chi connectivity index (χ0) is 38.6. The van der Waals surface area contributed by atoms with E-state index in [0.717, 1.165) is 78.3 Å². The monoisotopic (exact) mass is 740 g/mol. The second-order valence-corrected chi connectivity index (χ2v) is 14.7. The van der Waals surface area contributed by atoms with E-state index in [1.54, 1.807) is 0 Å². The number of ether oxygens (including phenoxy) is 1. The number of hydrogen-bond donors (Lipinski definition) is 0. The molecule has 5 heteroatoms. The van der Waals surface area contributed by atoms with Crippen molar-refractivity contribution in [2.45, 2.75) is 5.41 Å². The Balaban J connectivity index is 1.15. The van der Waals surface area contributed by atoms with Gasteiger partial charge in [-0.15, -0.1) is 0 Å². The van der Waals surface area contributed by atoms with Crippen molar-refractivity contribution in [3.8, 4) is 85.1 Å². The molecule has 1 aliphatic carbocycles. The highest BCUT2D eigenvalue weighted by atomic mass is 16.5. The van der Waals surface area contributed by atoms with Gasteiger partial charge in [-0.05, 0) is 87.0 Å². The Morgan fingerprint density at radius 2 is 0.793 bits per heavy atom. The maximum Gasteiger partial charge on any atom is 0.164 e. The van der Waals surface area contributed by atoms with Crippen LogP contribution in [-0.4, -0.2) is 15.0 Å². The molecule has 9 aromatic rings. The fourth-order valence-electron chi connectivity index (χ4n) is 8.77. The quantitative estimate of drug-likeness (QED) is 0.176. The Kier molecular flexibility index (Phi) is 7.70. The molecule has 2 heterocycles. The Labute approximate surface area is 336 Å². The number of hydrogen-bond acceptors (Lipinski definition) is 5. The van der Waals surface area contributed by atoms with Crippen LogP contribution in [0.1, 0.15) is 27.8 Å². The van der Waals surface area contributed by atoms with Crippen LogP contribution in [0.25, 0.3) is 67.5 Å². The lowest BCUT2D eigenvalue weighted by molar-refractivity contribution is 0.436. The molecular formula is C53H32N4O. The number of benzene rings is 8. The molecule has 1 spiro atoms. The molecule has 2 aliphatic rings. The average molecular weight is 741 g/mol. The zero-order valence-electron chi connectivity index (χ0n) is 31.2. The van der Waals surface area contributed by atoms with Gasteiger partial charge in [0.1, 0.15) is 11.5 Å². The van der Waals surface area contributed by atoms with E-state index in [1.807, 2.05) is 72.8 Å². The first-order valence-electron chi connectivity index (χ1n) is 19.3. The first-order valence-corrected chi connectivity index (χ1v) is 19.3. The fraction of sp³-hybridized carbons (Fsp3) is 0.0189. The van der Waals surface area contributed by atoms with Gasteiger partial charge in [0, 0.05) is 27.8 Å². The topological polar surface area (TPSA) is 71.7 Å². The van der Waals surface area contributed by atoms with Gasteiger partial charge in [-0.2, -0.15) is 5.26 Å². The van der Waals surface area contributed by atoms with E-state index in [1.165, 1.54) is 5.56 Å². The Morgan fingerprint density at radius 3 is 1.41 bits per heavy atom. The largest absolute Gasteiger partial charge is 0.457 e. The average Bonchev–Trinajstić information content (AvgIpc) is 3.58. The molecule has 58 heavy (non-hydrogen) atoms. The third-order valence-electron chi connectivity index (χ3n) is 11.4. The molecule has 0 N–H and O–H groups in total. The molecule has 5 nitrogen and oxygen atoms in total. The summed E-state index contributed by atoms with van der Waals surface area (Å²) in [4.78, 5) is 15.5. The molecule has 1 aromatic heterocycles. The van der Waals surface area contributed by atoms with Gasteiger partial charge in [0.2, 0.25) is 0 Å². The number of fused-ring (bicyclic) bond motifs is 9. The van der Waals surface area contributed by atoms with Crippen LogP contribution in [0, 0.1) is 11.3 Å². The summed E-state index contributed by atoms with van der Waals surface area (Å²) in [7, 11) is 0. The summed E-state index contributed by atoms with van der Waals surface area (Å²) < 4.78 is 6.66. The van der Waals surface area contributed by atoms with Crippen LogP contribution < -0.4 is 4.74 Å². The number of nitriles is 1. The molecule has 0 radical (unpaired) electrons. The fourth-order valence-corrected chi connectivity index (χ4v) is 8.77. The lowest BCUT2D eigenvalue weighted by atomic mass is 9.65. The minimum absolute atomic E-state index is 0.592. The van der Waals surface area contributed by atoms with E-state index in [0.29, 0.717) is 23.0 Å². The van der Waals surface area contributed by atoms with Crippen molar-refractivity contribution in [2.75, 3.05) is 0 Å². The van der Waals surface area contributed by atoms with Crippen molar-refractivity contribution >= 4 is 0 Å². The van der Waals surface area contributed by atoms with Crippen LogP contribution in [0.4, 0.5) is 0 Å². The van der Waals surface area contributed by atoms with Gasteiger partial charge >= 0.3 is 0 Å². The molecular weight excluding hydrogens is 709 g/mol. The lowest BCUT2D eigenvalue weighted by Crippen LogP contribution is -2.32. The molecule has 0 saturated carbocycles. The molecule has 0 bridgehead atoms. The second-order valence-electron chi connectivity index (χ2n) is 14.7. The Hall–Kier alpha value is -7.94. The van der Waals surface area contributed by atoms with Crippen LogP contribution >= 0.6 is 0 Å². The van der Waals surface area contributed by atoms with E-state index in [9.17, 15) is 5.26 Å². The summed E-state index contributed by atoms with van der Waals surface area (Å²) >= 11 is 0. The van der Waals surface area contributed by atoms with Gasteiger partial charge in [-0.1, -0.05) is 152 Å². The molecule has 0 fully saturated rings. The van der Waals surface area contributed by atoms with Gasteiger partial charge in [0.15, 0.2) is 17.5 Å². The maximum absolute atomic E-state index is 9.51. The van der Waals surface area contributed by atoms with Crippen LogP contribution in [0.2, 0.25) is 0 Å². The summed E-state index contributed by atoms with van der Waals surface area (Å²) in [5, 5.41) is 9.51. The van der Waals surface area contributed by atoms with Crippen LogP contribution in [-0.2, 0) is 5.41 Å². The Bertz CT molecular complexity index is 3050. The highest BCUT2D eigenvalue weighted by Gasteiger charge is 2.51. The van der Waals surface area contributed by atoms with Crippen LogP contribution in [0.15, 0.2) is 194 Å². The second kappa shape index (κ2) is 13.4. The van der Waals surface area contributed by atoms with Crippen molar-refractivity contribution in [1.29, 1.82) is 5.26 Å². The number of nitrogens with zero attached hydrogens (tertiary/aromatic N) is 4. The van der Waals surface area contributed by atoms with E-state index < -0.39 is 5.41 Å². The third kappa shape index (κ3) is 5.27. The number of rotatable bonds is 5. The smallest absolute Gasteiger partial charge is 0.164 e. The highest BCUT2D eigenvalue weighted by Crippen LogP contribution is 2.62. The molecule has 0 atom stereocenters. The van der Waals surface area contributed by atoms with E-state index >= 15 is 0 Å². The number of para-hydroxylation sites is 2. The normalized spacial score (nSPS) is 12.7. The summed E-state index contributed by atoms with van der Waals surface area (Å²) in [5.41, 5.74) is 13.7. The van der Waals surface area contributed by atoms with Crippen molar-refractivity contribution in [3.05, 3.63) is 222 Å². The van der Waals surface area contributed by atoms with Gasteiger partial charge < -0.3 is 4.74 Å². The first kappa shape index (κ1) is 33.4. The molecule has 8 aromatic carbocycles. The summed E-state index contributed by atoms with van der Waals surface area (Å²) in [6.07, 6.45) is 0. The molecule has 11 rings (SSSR count). The molecule has 0 saturated heterocycles. The first-order chi connectivity index (χ1) is 28.7. The minimum atomic E-state index is -0.711. The molecule has 0 amide bonds. The zero-order valence-corrected chi connectivity index (χ0v) is 31.2. The van der Waals surface area contributed by atoms with Gasteiger partial charge in [-0.25, -0.2) is 15.0 Å². The minimum Gasteiger partial charge on any atom is -0.457 e. The van der Waals surface area contributed by atoms with Crippen LogP contribution in [0.3, 0.4) is 0 Å². The van der Waals surface area contributed by atoms with Crippen molar-refractivity contribution < 1.29 is 4.74 Å². The Morgan fingerprint density at radius 1 is 0.362 bits per heavy atom. The number of aromatic nitrogens is 3. The summed E-state index contributed by atoms with van der Waals surface area (Å²) in [6, 6.07) is 69.1. The van der Waals surface area contributed by atoms with E-state index in [2.05, 4.69) is 127 Å². The molecule has 270 valence electrons. The molecule has 0 unspecified atom stereocenters. The lowest BCUT2D eigenvalue weighted by Gasteiger charge is -2.39. The van der Waals surface area contributed by atoms with Gasteiger partial charge in [-0.3, -0.25) is 0 Å². The van der Waals surface area contributed by atoms with E-state index in [4.69, 9.17) is 19.7 Å². The maximum atomic E-state index is 9.51. The third-order valence-corrected chi connectivity index (χ3v) is 11.4. The summed E-state index contributed by atoms with van der Waals surface area (Å²) in [6.45, 7) is 0. The van der Waals surface area contributed by atoms with Crippen molar-refractivity contribution in [2.24, 2.45) is 0 Å².